The lowest BCUT2D eigenvalue weighted by Gasteiger charge is -2.11. The average molecular weight is 369 g/mol. The van der Waals surface area contributed by atoms with Gasteiger partial charge in [0.1, 0.15) is 11.5 Å². The van der Waals surface area contributed by atoms with Crippen LogP contribution in [-0.2, 0) is 9.53 Å². The van der Waals surface area contributed by atoms with Crippen LogP contribution in [0, 0.1) is 6.92 Å². The van der Waals surface area contributed by atoms with Crippen LogP contribution in [0.1, 0.15) is 66.4 Å². The van der Waals surface area contributed by atoms with Crippen LogP contribution < -0.4 is 0 Å². The minimum Gasteiger partial charge on any atom is -0.506 e. The van der Waals surface area contributed by atoms with Crippen LogP contribution in [0.15, 0.2) is 6.08 Å². The van der Waals surface area contributed by atoms with Gasteiger partial charge in [-0.25, -0.2) is 0 Å². The summed E-state index contributed by atoms with van der Waals surface area (Å²) >= 11 is 6.00. The van der Waals surface area contributed by atoms with Gasteiger partial charge >= 0.3 is 5.97 Å². The van der Waals surface area contributed by atoms with Crippen molar-refractivity contribution in [3.8, 4) is 11.5 Å². The highest BCUT2D eigenvalue weighted by Gasteiger charge is 2.18. The van der Waals surface area contributed by atoms with Gasteiger partial charge in [0.2, 0.25) is 0 Å². The summed E-state index contributed by atoms with van der Waals surface area (Å²) < 4.78 is 4.58. The average Bonchev–Trinajstić information content (AvgIpc) is 2.61. The minimum atomic E-state index is -0.256. The summed E-state index contributed by atoms with van der Waals surface area (Å²) in [6.07, 6.45) is 10.0. The zero-order chi connectivity index (χ0) is 18.8. The zero-order valence-electron chi connectivity index (χ0n) is 14.7. The van der Waals surface area contributed by atoms with Crippen molar-refractivity contribution < 1.29 is 24.5 Å². The number of rotatable bonds is 10. The van der Waals surface area contributed by atoms with Gasteiger partial charge in [-0.15, -0.1) is 0 Å². The molecule has 6 heteroatoms. The lowest BCUT2D eigenvalue weighted by Crippen LogP contribution is -1.99. The number of aldehydes is 1. The number of carbonyl (C=O) groups excluding carboxylic acids is 2. The standard InChI is InChI=1S/C19H25ClO5/c1-13-15(12-21)18(23)14(19(24)17(13)20)10-8-6-4-3-5-7-9-11-16(22)25-2/h8,10,12,23-24H,3-7,9,11H2,1-2H3/b10-8+. The van der Waals surface area contributed by atoms with Gasteiger partial charge in [0.05, 0.1) is 23.3 Å². The molecule has 1 aromatic rings. The highest BCUT2D eigenvalue weighted by Crippen LogP contribution is 2.40. The van der Waals surface area contributed by atoms with Crippen LogP contribution in [0.5, 0.6) is 11.5 Å². The first kappa shape index (κ1) is 21.0. The van der Waals surface area contributed by atoms with Crippen LogP contribution in [0.3, 0.4) is 0 Å². The maximum Gasteiger partial charge on any atom is 0.305 e. The molecule has 0 aliphatic rings. The number of aromatic hydroxyl groups is 2. The molecule has 0 aliphatic carbocycles. The quantitative estimate of drug-likeness (QED) is 0.352. The maximum atomic E-state index is 11.1. The third kappa shape index (κ3) is 6.09. The first-order chi connectivity index (χ1) is 11.9. The molecule has 1 rings (SSSR count). The Kier molecular flexibility index (Phi) is 9.06. The van der Waals surface area contributed by atoms with Crippen LogP contribution in [0.25, 0.3) is 6.08 Å². The van der Waals surface area contributed by atoms with Gasteiger partial charge in [0.15, 0.2) is 6.29 Å². The molecular weight excluding hydrogens is 344 g/mol. The first-order valence-corrected chi connectivity index (χ1v) is 8.74. The van der Waals surface area contributed by atoms with Crippen LogP contribution in [0.4, 0.5) is 0 Å². The molecule has 1 aromatic carbocycles. The number of benzene rings is 1. The number of allylic oxidation sites excluding steroid dienone is 1. The second kappa shape index (κ2) is 10.8. The SMILES string of the molecule is COC(=O)CCCCCCC/C=C/c1c(O)c(Cl)c(C)c(C=O)c1O. The number of phenolic OH excluding ortho intramolecular Hbond substituents is 2. The fourth-order valence-corrected chi connectivity index (χ4v) is 2.72. The summed E-state index contributed by atoms with van der Waals surface area (Å²) in [6, 6.07) is 0. The summed E-state index contributed by atoms with van der Waals surface area (Å²) in [5.41, 5.74) is 0.611. The second-order valence-electron chi connectivity index (χ2n) is 5.87. The van der Waals surface area contributed by atoms with E-state index >= 15 is 0 Å². The van der Waals surface area contributed by atoms with E-state index in [1.165, 1.54) is 7.11 Å². The molecule has 25 heavy (non-hydrogen) atoms. The Morgan fingerprint density at radius 1 is 1.08 bits per heavy atom. The fourth-order valence-electron chi connectivity index (χ4n) is 2.52. The molecule has 0 amide bonds. The molecule has 0 saturated heterocycles. The smallest absolute Gasteiger partial charge is 0.305 e. The van der Waals surface area contributed by atoms with Crippen molar-refractivity contribution in [2.24, 2.45) is 0 Å². The van der Waals surface area contributed by atoms with Gasteiger partial charge in [0.25, 0.3) is 0 Å². The normalized spacial score (nSPS) is 11.0. The Balaban J connectivity index is 2.46. The van der Waals surface area contributed by atoms with Gasteiger partial charge in [-0.2, -0.15) is 0 Å². The Labute approximate surface area is 153 Å². The topological polar surface area (TPSA) is 83.8 Å². The molecule has 0 spiro atoms. The molecule has 5 nitrogen and oxygen atoms in total. The Morgan fingerprint density at radius 3 is 2.36 bits per heavy atom. The number of methoxy groups -OCH3 is 1. The number of ether oxygens (including phenoxy) is 1. The molecule has 0 atom stereocenters. The molecule has 138 valence electrons. The zero-order valence-corrected chi connectivity index (χ0v) is 15.4. The molecule has 0 radical (unpaired) electrons. The molecular formula is C19H25ClO5. The van der Waals surface area contributed by atoms with Crippen molar-refractivity contribution >= 4 is 29.9 Å². The van der Waals surface area contributed by atoms with E-state index in [-0.39, 0.29) is 33.6 Å². The van der Waals surface area contributed by atoms with E-state index in [4.69, 9.17) is 11.6 Å². The van der Waals surface area contributed by atoms with E-state index in [0.29, 0.717) is 18.3 Å². The number of hydrogen-bond acceptors (Lipinski definition) is 5. The van der Waals surface area contributed by atoms with Crippen LogP contribution >= 0.6 is 11.6 Å². The predicted molar refractivity (Wildman–Crippen MR) is 98.3 cm³/mol. The largest absolute Gasteiger partial charge is 0.506 e. The monoisotopic (exact) mass is 368 g/mol. The van der Waals surface area contributed by atoms with E-state index in [2.05, 4.69) is 4.74 Å². The predicted octanol–water partition coefficient (Wildman–Crippen LogP) is 4.79. The van der Waals surface area contributed by atoms with Gasteiger partial charge in [-0.1, -0.05) is 43.0 Å². The van der Waals surface area contributed by atoms with Gasteiger partial charge in [0, 0.05) is 6.42 Å². The molecule has 2 N–H and O–H groups in total. The van der Waals surface area contributed by atoms with Crippen molar-refractivity contribution in [2.45, 2.75) is 51.9 Å². The second-order valence-corrected chi connectivity index (χ2v) is 6.24. The Morgan fingerprint density at radius 2 is 1.72 bits per heavy atom. The highest BCUT2D eigenvalue weighted by molar-refractivity contribution is 6.33. The molecule has 0 aromatic heterocycles. The molecule has 0 bridgehead atoms. The van der Waals surface area contributed by atoms with Crippen molar-refractivity contribution in [2.75, 3.05) is 7.11 Å². The number of unbranched alkanes of at least 4 members (excludes halogenated alkanes) is 5. The third-order valence-electron chi connectivity index (χ3n) is 4.09. The summed E-state index contributed by atoms with van der Waals surface area (Å²) in [4.78, 5) is 22.0. The number of phenols is 2. The molecule has 0 heterocycles. The van der Waals surface area contributed by atoms with E-state index in [1.54, 1.807) is 13.0 Å². The molecule has 0 unspecified atom stereocenters. The molecule has 0 aliphatic heterocycles. The summed E-state index contributed by atoms with van der Waals surface area (Å²) in [5, 5.41) is 20.2. The van der Waals surface area contributed by atoms with Crippen LogP contribution in [0.2, 0.25) is 5.02 Å². The number of hydrogen-bond donors (Lipinski definition) is 2. The molecule has 0 fully saturated rings. The number of esters is 1. The van der Waals surface area contributed by atoms with E-state index in [0.717, 1.165) is 38.5 Å². The first-order valence-electron chi connectivity index (χ1n) is 8.36. The van der Waals surface area contributed by atoms with E-state index in [9.17, 15) is 19.8 Å². The fraction of sp³-hybridized carbons (Fsp3) is 0.474. The van der Waals surface area contributed by atoms with Crippen molar-refractivity contribution in [1.29, 1.82) is 0 Å². The van der Waals surface area contributed by atoms with E-state index < -0.39 is 0 Å². The third-order valence-corrected chi connectivity index (χ3v) is 4.55. The minimum absolute atomic E-state index is 0.0742. The van der Waals surface area contributed by atoms with E-state index in [1.807, 2.05) is 6.08 Å². The Hall–Kier alpha value is -2.01. The lowest BCUT2D eigenvalue weighted by atomic mass is 10.0. The summed E-state index contributed by atoms with van der Waals surface area (Å²) in [7, 11) is 1.39. The van der Waals surface area contributed by atoms with Crippen LogP contribution in [-0.4, -0.2) is 29.6 Å². The molecule has 0 saturated carbocycles. The Bertz CT molecular complexity index is 637. The summed E-state index contributed by atoms with van der Waals surface area (Å²) in [5.74, 6) is -0.649. The number of carbonyl (C=O) groups is 2. The van der Waals surface area contributed by atoms with Gasteiger partial charge in [-0.3, -0.25) is 9.59 Å². The van der Waals surface area contributed by atoms with Crippen molar-refractivity contribution in [1.82, 2.24) is 0 Å². The van der Waals surface area contributed by atoms with Gasteiger partial charge in [-0.05, 0) is 31.7 Å². The number of halogens is 1. The lowest BCUT2D eigenvalue weighted by molar-refractivity contribution is -0.140. The van der Waals surface area contributed by atoms with Crippen molar-refractivity contribution in [3.63, 3.8) is 0 Å². The van der Waals surface area contributed by atoms with Crippen molar-refractivity contribution in [3.05, 3.63) is 27.8 Å². The maximum absolute atomic E-state index is 11.1. The summed E-state index contributed by atoms with van der Waals surface area (Å²) in [6.45, 7) is 1.57. The highest BCUT2D eigenvalue weighted by atomic mass is 35.5. The van der Waals surface area contributed by atoms with Gasteiger partial charge < -0.3 is 14.9 Å².